The lowest BCUT2D eigenvalue weighted by Gasteiger charge is -2.09. The van der Waals surface area contributed by atoms with Crippen molar-refractivity contribution in [3.8, 4) is 0 Å². The molecular formula is C13H8ClF3N2O2. The Balaban J connectivity index is 2.31. The summed E-state index contributed by atoms with van der Waals surface area (Å²) in [6, 6.07) is 5.29. The van der Waals surface area contributed by atoms with Gasteiger partial charge >= 0.3 is 0 Å². The van der Waals surface area contributed by atoms with Gasteiger partial charge < -0.3 is 5.32 Å². The first-order valence-electron chi connectivity index (χ1n) is 5.70. The van der Waals surface area contributed by atoms with E-state index in [2.05, 4.69) is 5.32 Å². The predicted octanol–water partition coefficient (Wildman–Crippen LogP) is 4.28. The lowest BCUT2D eigenvalue weighted by Crippen LogP contribution is -2.07. The maximum absolute atomic E-state index is 13.6. The second-order valence-corrected chi connectivity index (χ2v) is 4.54. The van der Waals surface area contributed by atoms with E-state index in [1.165, 1.54) is 12.1 Å². The Hall–Kier alpha value is -2.28. The summed E-state index contributed by atoms with van der Waals surface area (Å²) in [5.74, 6) is -3.28. The van der Waals surface area contributed by atoms with Crippen molar-refractivity contribution in [3.63, 3.8) is 0 Å². The van der Waals surface area contributed by atoms with Crippen LogP contribution in [0.4, 0.5) is 24.5 Å². The molecule has 0 saturated carbocycles. The average molecular weight is 317 g/mol. The third-order valence-corrected chi connectivity index (χ3v) is 2.98. The fourth-order valence-corrected chi connectivity index (χ4v) is 1.87. The maximum atomic E-state index is 13.6. The Bertz CT molecular complexity index is 710. The Kier molecular flexibility index (Phi) is 4.32. The summed E-state index contributed by atoms with van der Waals surface area (Å²) >= 11 is 5.59. The van der Waals surface area contributed by atoms with Gasteiger partial charge in [0, 0.05) is 23.2 Å². The number of halogens is 4. The van der Waals surface area contributed by atoms with Crippen LogP contribution in [0, 0.1) is 27.6 Å². The van der Waals surface area contributed by atoms with Crippen LogP contribution < -0.4 is 5.32 Å². The lowest BCUT2D eigenvalue weighted by molar-refractivity contribution is -0.384. The van der Waals surface area contributed by atoms with Crippen LogP contribution >= 0.6 is 11.6 Å². The standard InChI is InChI=1S/C13H8ClF3N2O2/c14-8-2-1-7(10(16)5-8)6-18-13-11(19(20)21)4-3-9(15)12(13)17/h1-5,18H,6H2. The smallest absolute Gasteiger partial charge is 0.295 e. The van der Waals surface area contributed by atoms with Gasteiger partial charge in [-0.3, -0.25) is 10.1 Å². The van der Waals surface area contributed by atoms with E-state index < -0.39 is 33.7 Å². The van der Waals surface area contributed by atoms with Gasteiger partial charge in [-0.1, -0.05) is 17.7 Å². The summed E-state index contributed by atoms with van der Waals surface area (Å²) in [7, 11) is 0. The highest BCUT2D eigenvalue weighted by atomic mass is 35.5. The summed E-state index contributed by atoms with van der Waals surface area (Å²) in [5.41, 5.74) is -1.16. The van der Waals surface area contributed by atoms with Gasteiger partial charge in [0.15, 0.2) is 17.3 Å². The van der Waals surface area contributed by atoms with E-state index in [1.54, 1.807) is 0 Å². The van der Waals surface area contributed by atoms with Crippen molar-refractivity contribution >= 4 is 23.0 Å². The molecule has 2 rings (SSSR count). The summed E-state index contributed by atoms with van der Waals surface area (Å²) in [4.78, 5) is 9.94. The summed E-state index contributed by atoms with van der Waals surface area (Å²) < 4.78 is 40.4. The molecule has 0 aliphatic rings. The molecule has 0 saturated heterocycles. The van der Waals surface area contributed by atoms with Crippen LogP contribution in [0.3, 0.4) is 0 Å². The molecule has 0 aliphatic heterocycles. The second-order valence-electron chi connectivity index (χ2n) is 4.10. The van der Waals surface area contributed by atoms with Crippen LogP contribution in [0.15, 0.2) is 30.3 Å². The van der Waals surface area contributed by atoms with Gasteiger partial charge in [0.05, 0.1) is 4.92 Å². The van der Waals surface area contributed by atoms with Crippen LogP contribution in [0.1, 0.15) is 5.56 Å². The number of nitrogens with one attached hydrogen (secondary N) is 1. The molecule has 0 fully saturated rings. The summed E-state index contributed by atoms with van der Waals surface area (Å²) in [5, 5.41) is 13.3. The monoisotopic (exact) mass is 316 g/mol. The number of benzene rings is 2. The van der Waals surface area contributed by atoms with Crippen LogP contribution in [0.25, 0.3) is 0 Å². The Morgan fingerprint density at radius 3 is 2.48 bits per heavy atom. The summed E-state index contributed by atoms with van der Waals surface area (Å²) in [6.45, 7) is -0.260. The van der Waals surface area contributed by atoms with E-state index in [-0.39, 0.29) is 17.1 Å². The van der Waals surface area contributed by atoms with E-state index in [0.717, 1.165) is 12.1 Å². The van der Waals surface area contributed by atoms with E-state index in [1.807, 2.05) is 0 Å². The average Bonchev–Trinajstić information content (AvgIpc) is 2.41. The molecule has 8 heteroatoms. The topological polar surface area (TPSA) is 55.2 Å². The number of hydrogen-bond acceptors (Lipinski definition) is 3. The molecule has 0 heterocycles. The van der Waals surface area contributed by atoms with Gasteiger partial charge in [0.1, 0.15) is 5.82 Å². The van der Waals surface area contributed by atoms with Crippen molar-refractivity contribution in [1.82, 2.24) is 0 Å². The zero-order valence-corrected chi connectivity index (χ0v) is 11.1. The molecule has 110 valence electrons. The lowest BCUT2D eigenvalue weighted by atomic mass is 10.2. The fraction of sp³-hybridized carbons (Fsp3) is 0.0769. The Morgan fingerprint density at radius 2 is 1.86 bits per heavy atom. The molecule has 0 unspecified atom stereocenters. The van der Waals surface area contributed by atoms with Crippen LogP contribution in [0.2, 0.25) is 5.02 Å². The molecule has 0 amide bonds. The number of nitro groups is 1. The van der Waals surface area contributed by atoms with Gasteiger partial charge in [0.2, 0.25) is 0 Å². The van der Waals surface area contributed by atoms with Crippen molar-refractivity contribution in [2.45, 2.75) is 6.54 Å². The van der Waals surface area contributed by atoms with Gasteiger partial charge in [-0.05, 0) is 18.2 Å². The molecule has 2 aromatic carbocycles. The highest BCUT2D eigenvalue weighted by Crippen LogP contribution is 2.29. The third-order valence-electron chi connectivity index (χ3n) is 2.74. The molecule has 0 aromatic heterocycles. The number of nitro benzene ring substituents is 1. The number of nitrogens with zero attached hydrogens (tertiary/aromatic N) is 1. The maximum Gasteiger partial charge on any atom is 0.295 e. The summed E-state index contributed by atoms with van der Waals surface area (Å²) in [6.07, 6.45) is 0. The third kappa shape index (κ3) is 3.25. The minimum atomic E-state index is -1.39. The predicted molar refractivity (Wildman–Crippen MR) is 71.7 cm³/mol. The molecule has 0 atom stereocenters. The zero-order chi connectivity index (χ0) is 15.6. The quantitative estimate of drug-likeness (QED) is 0.676. The van der Waals surface area contributed by atoms with Crippen LogP contribution in [-0.2, 0) is 6.54 Å². The van der Waals surface area contributed by atoms with Crippen molar-refractivity contribution in [1.29, 1.82) is 0 Å². The van der Waals surface area contributed by atoms with Crippen LogP contribution in [0.5, 0.6) is 0 Å². The van der Waals surface area contributed by atoms with Crippen LogP contribution in [-0.4, -0.2) is 4.92 Å². The molecule has 2 aromatic rings. The molecule has 21 heavy (non-hydrogen) atoms. The molecule has 4 nitrogen and oxygen atoms in total. The van der Waals surface area contributed by atoms with Crippen molar-refractivity contribution in [3.05, 3.63) is 68.5 Å². The van der Waals surface area contributed by atoms with Gasteiger partial charge in [-0.2, -0.15) is 0 Å². The highest BCUT2D eigenvalue weighted by molar-refractivity contribution is 6.30. The first-order valence-corrected chi connectivity index (χ1v) is 6.08. The molecular weight excluding hydrogens is 309 g/mol. The molecule has 1 N–H and O–H groups in total. The van der Waals surface area contributed by atoms with Crippen molar-refractivity contribution in [2.75, 3.05) is 5.32 Å². The molecule has 0 spiro atoms. The van der Waals surface area contributed by atoms with Gasteiger partial charge in [-0.15, -0.1) is 0 Å². The zero-order valence-electron chi connectivity index (χ0n) is 10.4. The largest absolute Gasteiger partial charge is 0.373 e. The molecule has 0 bridgehead atoms. The number of anilines is 1. The number of hydrogen-bond donors (Lipinski definition) is 1. The van der Waals surface area contributed by atoms with E-state index >= 15 is 0 Å². The van der Waals surface area contributed by atoms with E-state index in [9.17, 15) is 23.3 Å². The molecule has 0 radical (unpaired) electrons. The number of rotatable bonds is 4. The minimum absolute atomic E-state index is 0.109. The second kappa shape index (κ2) is 6.01. The molecule has 0 aliphatic carbocycles. The first kappa shape index (κ1) is 15.1. The van der Waals surface area contributed by atoms with Crippen molar-refractivity contribution in [2.24, 2.45) is 0 Å². The van der Waals surface area contributed by atoms with E-state index in [4.69, 9.17) is 11.6 Å². The van der Waals surface area contributed by atoms with Gasteiger partial charge in [-0.25, -0.2) is 13.2 Å². The SMILES string of the molecule is O=[N+]([O-])c1ccc(F)c(F)c1NCc1ccc(Cl)cc1F. The Morgan fingerprint density at radius 1 is 1.14 bits per heavy atom. The minimum Gasteiger partial charge on any atom is -0.373 e. The van der Waals surface area contributed by atoms with Gasteiger partial charge in [0.25, 0.3) is 5.69 Å². The normalized spacial score (nSPS) is 10.5. The Labute approximate surface area is 122 Å². The van der Waals surface area contributed by atoms with Crippen molar-refractivity contribution < 1.29 is 18.1 Å². The van der Waals surface area contributed by atoms with E-state index in [0.29, 0.717) is 6.07 Å². The fourth-order valence-electron chi connectivity index (χ4n) is 1.71. The first-order chi connectivity index (χ1) is 9.90. The highest BCUT2D eigenvalue weighted by Gasteiger charge is 2.21.